The van der Waals surface area contributed by atoms with Crippen LogP contribution in [-0.2, 0) is 4.79 Å². The number of azide groups is 1. The van der Waals surface area contributed by atoms with E-state index in [-0.39, 0.29) is 12.5 Å². The molecule has 0 heterocycles. The monoisotopic (exact) mass is 171 g/mol. The normalized spacial score (nSPS) is 28.8. The summed E-state index contributed by atoms with van der Waals surface area (Å²) in [6.45, 7) is -0.0368. The third-order valence-electron chi connectivity index (χ3n) is 1.98. The molecule has 66 valence electrons. The van der Waals surface area contributed by atoms with E-state index in [4.69, 9.17) is 10.6 Å². The minimum Gasteiger partial charge on any atom is -0.481 e. The molecule has 0 saturated heterocycles. The number of rotatable bonds is 4. The molecule has 0 aliphatic heterocycles. The topological polar surface area (TPSA) is 106 Å². The van der Waals surface area contributed by atoms with Crippen molar-refractivity contribution >= 4 is 5.97 Å². The Morgan fingerprint density at radius 2 is 2.50 bits per heavy atom. The Kier molecular flexibility index (Phi) is 2.52. The largest absolute Gasteiger partial charge is 0.481 e. The van der Waals surface area contributed by atoms with Gasteiger partial charge in [-0.1, -0.05) is 5.11 Å². The van der Waals surface area contributed by atoms with Crippen LogP contribution in [-0.4, -0.2) is 28.8 Å². The standard InChI is InChI=1S/C6H9N3O3/c7-9-8-2-5(10)3-1-4(3)6(11)12/h3-5,10H,1-2H2,(H,11,12)/t3-,4-,5-/m1/s1. The molecule has 1 fully saturated rings. The number of aliphatic hydroxyl groups is 1. The van der Waals surface area contributed by atoms with Gasteiger partial charge in [0.25, 0.3) is 0 Å². The Labute approximate surface area is 68.4 Å². The highest BCUT2D eigenvalue weighted by atomic mass is 16.4. The molecule has 6 heteroatoms. The van der Waals surface area contributed by atoms with Gasteiger partial charge in [0.15, 0.2) is 0 Å². The zero-order chi connectivity index (χ0) is 9.14. The number of carboxylic acids is 1. The van der Waals surface area contributed by atoms with Crippen LogP contribution in [0.4, 0.5) is 0 Å². The summed E-state index contributed by atoms with van der Waals surface area (Å²) in [6.07, 6.45) is -0.320. The number of carbonyl (C=O) groups is 1. The van der Waals surface area contributed by atoms with Crippen LogP contribution in [0.5, 0.6) is 0 Å². The van der Waals surface area contributed by atoms with E-state index in [2.05, 4.69) is 10.0 Å². The fourth-order valence-electron chi connectivity index (χ4n) is 1.18. The molecule has 0 aromatic carbocycles. The minimum absolute atomic E-state index is 0.0368. The SMILES string of the molecule is [N-]=[N+]=NC[C@@H](O)[C@@H]1C[C@H]1C(=O)O. The summed E-state index contributed by atoms with van der Waals surface area (Å²) < 4.78 is 0. The van der Waals surface area contributed by atoms with Crippen molar-refractivity contribution in [1.82, 2.24) is 0 Å². The average molecular weight is 171 g/mol. The van der Waals surface area contributed by atoms with Gasteiger partial charge < -0.3 is 10.2 Å². The Balaban J connectivity index is 2.32. The number of carboxylic acid groups (broad SMARTS) is 1. The minimum atomic E-state index is -0.889. The van der Waals surface area contributed by atoms with Gasteiger partial charge in [0.05, 0.1) is 18.6 Å². The van der Waals surface area contributed by atoms with Crippen molar-refractivity contribution in [1.29, 1.82) is 0 Å². The quantitative estimate of drug-likeness (QED) is 0.362. The Morgan fingerprint density at radius 3 is 2.92 bits per heavy atom. The third-order valence-corrected chi connectivity index (χ3v) is 1.98. The van der Waals surface area contributed by atoms with Crippen molar-refractivity contribution in [2.45, 2.75) is 12.5 Å². The zero-order valence-corrected chi connectivity index (χ0v) is 6.29. The van der Waals surface area contributed by atoms with Crippen LogP contribution < -0.4 is 0 Å². The second-order valence-electron chi connectivity index (χ2n) is 2.83. The van der Waals surface area contributed by atoms with Crippen LogP contribution in [0.3, 0.4) is 0 Å². The van der Waals surface area contributed by atoms with E-state index in [1.807, 2.05) is 0 Å². The summed E-state index contributed by atoms with van der Waals surface area (Å²) in [6, 6.07) is 0. The van der Waals surface area contributed by atoms with Gasteiger partial charge in [0.1, 0.15) is 0 Å². The van der Waals surface area contributed by atoms with Crippen molar-refractivity contribution in [3.63, 3.8) is 0 Å². The van der Waals surface area contributed by atoms with Crippen molar-refractivity contribution in [2.75, 3.05) is 6.54 Å². The molecule has 0 aromatic heterocycles. The average Bonchev–Trinajstić information content (AvgIpc) is 2.78. The first-order chi connectivity index (χ1) is 5.66. The van der Waals surface area contributed by atoms with E-state index in [1.54, 1.807) is 0 Å². The highest BCUT2D eigenvalue weighted by Crippen LogP contribution is 2.41. The molecule has 1 aliphatic carbocycles. The predicted molar refractivity (Wildman–Crippen MR) is 39.3 cm³/mol. The molecule has 1 rings (SSSR count). The number of nitrogens with zero attached hydrogens (tertiary/aromatic N) is 3. The van der Waals surface area contributed by atoms with Gasteiger partial charge in [-0.3, -0.25) is 4.79 Å². The highest BCUT2D eigenvalue weighted by molar-refractivity contribution is 5.73. The van der Waals surface area contributed by atoms with Crippen molar-refractivity contribution < 1.29 is 15.0 Å². The first-order valence-corrected chi connectivity index (χ1v) is 3.58. The first kappa shape index (κ1) is 8.83. The van der Waals surface area contributed by atoms with Gasteiger partial charge in [-0.05, 0) is 17.9 Å². The molecule has 6 nitrogen and oxygen atoms in total. The zero-order valence-electron chi connectivity index (χ0n) is 6.29. The summed E-state index contributed by atoms with van der Waals surface area (Å²) >= 11 is 0. The molecule has 0 radical (unpaired) electrons. The van der Waals surface area contributed by atoms with E-state index in [1.165, 1.54) is 0 Å². The van der Waals surface area contributed by atoms with Gasteiger partial charge in [0, 0.05) is 4.91 Å². The lowest BCUT2D eigenvalue weighted by atomic mass is 10.2. The summed E-state index contributed by atoms with van der Waals surface area (Å²) in [4.78, 5) is 12.8. The molecule has 0 spiro atoms. The van der Waals surface area contributed by atoms with E-state index >= 15 is 0 Å². The van der Waals surface area contributed by atoms with Crippen LogP contribution >= 0.6 is 0 Å². The second-order valence-corrected chi connectivity index (χ2v) is 2.83. The lowest BCUT2D eigenvalue weighted by Gasteiger charge is -2.03. The fraction of sp³-hybridized carbons (Fsp3) is 0.833. The van der Waals surface area contributed by atoms with E-state index in [9.17, 15) is 9.90 Å². The maximum atomic E-state index is 10.3. The number of hydrogen-bond acceptors (Lipinski definition) is 3. The maximum Gasteiger partial charge on any atom is 0.306 e. The number of aliphatic carboxylic acids is 1. The highest BCUT2D eigenvalue weighted by Gasteiger charge is 2.47. The second kappa shape index (κ2) is 3.42. The molecule has 0 bridgehead atoms. The van der Waals surface area contributed by atoms with E-state index in [0.717, 1.165) is 0 Å². The Hall–Kier alpha value is -1.26. The summed E-state index contributed by atoms with van der Waals surface area (Å²) in [5.74, 6) is -1.57. The molecule has 1 saturated carbocycles. The first-order valence-electron chi connectivity index (χ1n) is 3.58. The molecule has 0 amide bonds. The number of aliphatic hydroxyl groups excluding tert-OH is 1. The smallest absolute Gasteiger partial charge is 0.306 e. The lowest BCUT2D eigenvalue weighted by Crippen LogP contribution is -2.16. The molecule has 12 heavy (non-hydrogen) atoms. The van der Waals surface area contributed by atoms with Crippen LogP contribution in [0.15, 0.2) is 5.11 Å². The third kappa shape index (κ3) is 1.87. The molecule has 3 atom stereocenters. The van der Waals surface area contributed by atoms with Crippen LogP contribution in [0.25, 0.3) is 10.4 Å². The summed E-state index contributed by atoms with van der Waals surface area (Å²) in [7, 11) is 0. The van der Waals surface area contributed by atoms with Gasteiger partial charge in [-0.15, -0.1) is 0 Å². The molecule has 1 aliphatic rings. The van der Waals surface area contributed by atoms with E-state index < -0.39 is 18.0 Å². The Bertz CT molecular complexity index is 236. The van der Waals surface area contributed by atoms with Gasteiger partial charge in [-0.2, -0.15) is 0 Å². The summed E-state index contributed by atoms with van der Waals surface area (Å²) in [5, 5.41) is 20.9. The van der Waals surface area contributed by atoms with Crippen LogP contribution in [0.1, 0.15) is 6.42 Å². The van der Waals surface area contributed by atoms with Crippen LogP contribution in [0.2, 0.25) is 0 Å². The molecule has 2 N–H and O–H groups in total. The number of hydrogen-bond donors (Lipinski definition) is 2. The van der Waals surface area contributed by atoms with Gasteiger partial charge in [0.2, 0.25) is 0 Å². The van der Waals surface area contributed by atoms with Gasteiger partial charge >= 0.3 is 5.97 Å². The maximum absolute atomic E-state index is 10.3. The molecule has 0 aromatic rings. The van der Waals surface area contributed by atoms with Crippen molar-refractivity contribution in [2.24, 2.45) is 17.0 Å². The fourth-order valence-corrected chi connectivity index (χ4v) is 1.18. The molecular weight excluding hydrogens is 162 g/mol. The molecule has 0 unspecified atom stereocenters. The molecular formula is C6H9N3O3. The van der Waals surface area contributed by atoms with Gasteiger partial charge in [-0.25, -0.2) is 0 Å². The lowest BCUT2D eigenvalue weighted by molar-refractivity contribution is -0.139. The van der Waals surface area contributed by atoms with Crippen LogP contribution in [0, 0.1) is 11.8 Å². The van der Waals surface area contributed by atoms with E-state index in [0.29, 0.717) is 6.42 Å². The summed E-state index contributed by atoms with van der Waals surface area (Å²) in [5.41, 5.74) is 7.92. The Morgan fingerprint density at radius 1 is 1.83 bits per heavy atom. The van der Waals surface area contributed by atoms with Crippen molar-refractivity contribution in [3.05, 3.63) is 10.4 Å². The predicted octanol–water partition coefficient (Wildman–Crippen LogP) is 0.378. The van der Waals surface area contributed by atoms with Crippen molar-refractivity contribution in [3.8, 4) is 0 Å².